The Hall–Kier alpha value is -2.71. The van der Waals surface area contributed by atoms with Crippen LogP contribution in [-0.4, -0.2) is 33.9 Å². The van der Waals surface area contributed by atoms with Crippen molar-refractivity contribution in [2.75, 3.05) is 18.0 Å². The molecule has 2 N–H and O–H groups in total. The molecule has 1 aliphatic rings. The van der Waals surface area contributed by atoms with Gasteiger partial charge in [-0.05, 0) is 30.9 Å². The van der Waals surface area contributed by atoms with Gasteiger partial charge in [-0.2, -0.15) is 13.2 Å². The van der Waals surface area contributed by atoms with Crippen molar-refractivity contribution in [1.82, 2.24) is 15.0 Å². The van der Waals surface area contributed by atoms with Crippen molar-refractivity contribution in [3.05, 3.63) is 36.3 Å². The van der Waals surface area contributed by atoms with Gasteiger partial charge in [0.25, 0.3) is 0 Å². The first-order chi connectivity index (χ1) is 12.3. The zero-order chi connectivity index (χ0) is 18.7. The molecular weight excluding hydrogens is 347 g/mol. The highest BCUT2D eigenvalue weighted by Gasteiger charge is 2.35. The third kappa shape index (κ3) is 4.27. The molecule has 0 bridgehead atoms. The average molecular weight is 365 g/mol. The number of carbonyl (C=O) groups excluding carboxylic acids is 1. The number of piperidine rings is 1. The molecule has 0 spiro atoms. The maximum absolute atomic E-state index is 13.3. The van der Waals surface area contributed by atoms with Crippen LogP contribution < -0.4 is 10.6 Å². The summed E-state index contributed by atoms with van der Waals surface area (Å²) < 4.78 is 39.9. The highest BCUT2D eigenvalue weighted by atomic mass is 19.4. The molecule has 1 atom stereocenters. The molecule has 0 saturated carbocycles. The maximum Gasteiger partial charge on any atom is 0.433 e. The molecule has 138 valence electrons. The van der Waals surface area contributed by atoms with E-state index in [2.05, 4.69) is 15.0 Å². The molecule has 1 fully saturated rings. The lowest BCUT2D eigenvalue weighted by molar-refractivity contribution is -0.141. The van der Waals surface area contributed by atoms with Crippen molar-refractivity contribution >= 4 is 11.7 Å². The van der Waals surface area contributed by atoms with E-state index in [0.29, 0.717) is 18.7 Å². The van der Waals surface area contributed by atoms with E-state index in [1.165, 1.54) is 12.4 Å². The summed E-state index contributed by atoms with van der Waals surface area (Å²) in [4.78, 5) is 24.8. The van der Waals surface area contributed by atoms with Crippen LogP contribution in [-0.2, 0) is 11.0 Å². The van der Waals surface area contributed by atoms with Crippen LogP contribution in [0.3, 0.4) is 0 Å². The standard InChI is InChI=1S/C17H18F3N5O/c18-17(19,20)13-8-15(24-16(23-13)12-4-1-5-22-9-12)25-6-2-3-11(10-25)7-14(21)26/h1,4-5,8-9,11H,2-3,6-7,10H2,(H2,21,26). The second-order valence-corrected chi connectivity index (χ2v) is 6.30. The van der Waals surface area contributed by atoms with Crippen molar-refractivity contribution in [2.45, 2.75) is 25.4 Å². The van der Waals surface area contributed by atoms with Gasteiger partial charge in [0, 0.05) is 43.5 Å². The van der Waals surface area contributed by atoms with E-state index in [1.54, 1.807) is 17.0 Å². The quantitative estimate of drug-likeness (QED) is 0.900. The Labute approximate surface area is 148 Å². The predicted octanol–water partition coefficient (Wildman–Crippen LogP) is 2.65. The number of hydrogen-bond acceptors (Lipinski definition) is 5. The molecule has 1 amide bonds. The van der Waals surface area contributed by atoms with Gasteiger partial charge in [-0.3, -0.25) is 9.78 Å². The van der Waals surface area contributed by atoms with Gasteiger partial charge < -0.3 is 10.6 Å². The summed E-state index contributed by atoms with van der Waals surface area (Å²) in [6, 6.07) is 4.17. The molecule has 1 unspecified atom stereocenters. The zero-order valence-electron chi connectivity index (χ0n) is 13.9. The molecule has 6 nitrogen and oxygen atoms in total. The Balaban J connectivity index is 1.96. The summed E-state index contributed by atoms with van der Waals surface area (Å²) in [7, 11) is 0. The van der Waals surface area contributed by atoms with Crippen molar-refractivity contribution in [3.63, 3.8) is 0 Å². The number of hydrogen-bond donors (Lipinski definition) is 1. The topological polar surface area (TPSA) is 85.0 Å². The Morgan fingerprint density at radius 3 is 2.81 bits per heavy atom. The largest absolute Gasteiger partial charge is 0.433 e. The van der Waals surface area contributed by atoms with Crippen LogP contribution in [0.5, 0.6) is 0 Å². The van der Waals surface area contributed by atoms with Crippen LogP contribution in [0.25, 0.3) is 11.4 Å². The summed E-state index contributed by atoms with van der Waals surface area (Å²) in [5, 5.41) is 0. The number of primary amides is 1. The van der Waals surface area contributed by atoms with Crippen molar-refractivity contribution in [1.29, 1.82) is 0 Å². The molecule has 3 heterocycles. The van der Waals surface area contributed by atoms with Crippen LogP contribution >= 0.6 is 0 Å². The number of amides is 1. The van der Waals surface area contributed by atoms with Crippen LogP contribution in [0.2, 0.25) is 0 Å². The molecule has 3 rings (SSSR count). The summed E-state index contributed by atoms with van der Waals surface area (Å²) in [5.74, 6) is -0.237. The van der Waals surface area contributed by atoms with Crippen molar-refractivity contribution < 1.29 is 18.0 Å². The molecule has 26 heavy (non-hydrogen) atoms. The monoisotopic (exact) mass is 365 g/mol. The van der Waals surface area contributed by atoms with Crippen LogP contribution in [0.1, 0.15) is 25.0 Å². The van der Waals surface area contributed by atoms with Gasteiger partial charge in [-0.1, -0.05) is 0 Å². The number of nitrogens with two attached hydrogens (primary N) is 1. The fraction of sp³-hybridized carbons (Fsp3) is 0.412. The van der Waals surface area contributed by atoms with Crippen LogP contribution in [0.4, 0.5) is 19.0 Å². The lowest BCUT2D eigenvalue weighted by atomic mass is 9.94. The minimum Gasteiger partial charge on any atom is -0.370 e. The smallest absolute Gasteiger partial charge is 0.370 e. The number of alkyl halides is 3. The van der Waals surface area contributed by atoms with Gasteiger partial charge in [-0.15, -0.1) is 0 Å². The number of rotatable bonds is 4. The molecule has 0 aromatic carbocycles. The van der Waals surface area contributed by atoms with E-state index in [0.717, 1.165) is 18.9 Å². The fourth-order valence-corrected chi connectivity index (χ4v) is 3.09. The average Bonchev–Trinajstić information content (AvgIpc) is 2.61. The van der Waals surface area contributed by atoms with Crippen LogP contribution in [0, 0.1) is 5.92 Å². The summed E-state index contributed by atoms with van der Waals surface area (Å²) in [6.07, 6.45) is 0.139. The first kappa shape index (κ1) is 18.1. The maximum atomic E-state index is 13.3. The highest BCUT2D eigenvalue weighted by Crippen LogP contribution is 2.33. The minimum absolute atomic E-state index is 0.00685. The number of carbonyl (C=O) groups is 1. The molecule has 0 radical (unpaired) electrons. The van der Waals surface area contributed by atoms with Gasteiger partial charge in [0.2, 0.25) is 5.91 Å². The first-order valence-corrected chi connectivity index (χ1v) is 8.23. The third-order valence-electron chi connectivity index (χ3n) is 4.26. The number of anilines is 1. The molecule has 1 aliphatic heterocycles. The van der Waals surface area contributed by atoms with Crippen LogP contribution in [0.15, 0.2) is 30.6 Å². The fourth-order valence-electron chi connectivity index (χ4n) is 3.09. The Morgan fingerprint density at radius 2 is 2.15 bits per heavy atom. The Morgan fingerprint density at radius 1 is 1.35 bits per heavy atom. The number of nitrogens with zero attached hydrogens (tertiary/aromatic N) is 4. The van der Waals surface area contributed by atoms with E-state index < -0.39 is 17.8 Å². The van der Waals surface area contributed by atoms with Gasteiger partial charge >= 0.3 is 6.18 Å². The first-order valence-electron chi connectivity index (χ1n) is 8.23. The summed E-state index contributed by atoms with van der Waals surface area (Å²) in [5.41, 5.74) is 4.66. The normalized spacial score (nSPS) is 18.0. The molecule has 2 aromatic rings. The minimum atomic E-state index is -4.59. The number of aromatic nitrogens is 3. The van der Waals surface area contributed by atoms with Crippen molar-refractivity contribution in [2.24, 2.45) is 11.7 Å². The van der Waals surface area contributed by atoms with E-state index in [4.69, 9.17) is 5.73 Å². The van der Waals surface area contributed by atoms with E-state index in [9.17, 15) is 18.0 Å². The molecule has 2 aromatic heterocycles. The van der Waals surface area contributed by atoms with E-state index >= 15 is 0 Å². The lowest BCUT2D eigenvalue weighted by Crippen LogP contribution is -2.37. The Bertz CT molecular complexity index is 782. The van der Waals surface area contributed by atoms with Crippen molar-refractivity contribution in [3.8, 4) is 11.4 Å². The Kier molecular flexibility index (Phi) is 5.06. The number of halogens is 3. The third-order valence-corrected chi connectivity index (χ3v) is 4.26. The molecule has 1 saturated heterocycles. The zero-order valence-corrected chi connectivity index (χ0v) is 13.9. The van der Waals surface area contributed by atoms with E-state index in [1.807, 2.05) is 0 Å². The van der Waals surface area contributed by atoms with Gasteiger partial charge in [0.1, 0.15) is 5.82 Å². The summed E-state index contributed by atoms with van der Waals surface area (Å²) >= 11 is 0. The van der Waals surface area contributed by atoms with E-state index in [-0.39, 0.29) is 24.0 Å². The second-order valence-electron chi connectivity index (χ2n) is 6.30. The molecule has 9 heteroatoms. The SMILES string of the molecule is NC(=O)CC1CCCN(c2cc(C(F)(F)F)nc(-c3cccnc3)n2)C1. The lowest BCUT2D eigenvalue weighted by Gasteiger charge is -2.33. The van der Waals surface area contributed by atoms with Gasteiger partial charge in [0.05, 0.1) is 0 Å². The van der Waals surface area contributed by atoms with Gasteiger partial charge in [0.15, 0.2) is 11.5 Å². The van der Waals surface area contributed by atoms with Gasteiger partial charge in [-0.25, -0.2) is 9.97 Å². The highest BCUT2D eigenvalue weighted by molar-refractivity contribution is 5.74. The molecular formula is C17H18F3N5O. The summed E-state index contributed by atoms with van der Waals surface area (Å²) in [6.45, 7) is 1.000. The second kappa shape index (κ2) is 7.27. The number of pyridine rings is 1. The predicted molar refractivity (Wildman–Crippen MR) is 89.0 cm³/mol. The molecule has 0 aliphatic carbocycles.